The highest BCUT2D eigenvalue weighted by Crippen LogP contribution is 2.49. The van der Waals surface area contributed by atoms with Crippen molar-refractivity contribution in [2.45, 2.75) is 88.6 Å². The number of fused-ring (bicyclic) bond motifs is 3. The largest absolute Gasteiger partial charge is 0.471 e. The summed E-state index contributed by atoms with van der Waals surface area (Å²) >= 11 is 0. The standard InChI is InChI=1S/C23H30F5N5O4/c1-11(2)7-16(32-21(37)23(26,27)28)20(36)33-14-3-4-15(22(24,25)9-14)17(33)19(35)31-13(10-29)8-12-5-6-30-18(12)34/h11-17H,3-9H2,1-2H3,(H,30,34)(H,31,35)(H,32,37)/t12-,13+,14-,15-,16+,17-/m1/s1. The lowest BCUT2D eigenvalue weighted by molar-refractivity contribution is -0.196. The average Bonchev–Trinajstić information content (AvgIpc) is 3.19. The SMILES string of the molecule is CC(C)C[C@H](NC(=O)C(F)(F)F)C(=O)N1[C@@H]2CC[C@H]([C@@H]1C(=O)N[C@H](C#N)C[C@H]1CCNC1=O)C(F)(F)C2. The molecule has 0 spiro atoms. The van der Waals surface area contributed by atoms with Gasteiger partial charge in [-0.25, -0.2) is 8.78 Å². The fraction of sp³-hybridized carbons (Fsp3) is 0.783. The van der Waals surface area contributed by atoms with Crippen molar-refractivity contribution in [3.05, 3.63) is 0 Å². The van der Waals surface area contributed by atoms with Crippen LogP contribution in [0.1, 0.15) is 52.4 Å². The number of alkyl halides is 5. The van der Waals surface area contributed by atoms with E-state index in [-0.39, 0.29) is 37.5 Å². The Morgan fingerprint density at radius 3 is 2.38 bits per heavy atom. The Bertz CT molecular complexity index is 966. The van der Waals surface area contributed by atoms with Gasteiger partial charge in [-0.3, -0.25) is 19.2 Å². The predicted octanol–water partition coefficient (Wildman–Crippen LogP) is 1.63. The highest BCUT2D eigenvalue weighted by Gasteiger charge is 2.61. The first-order chi connectivity index (χ1) is 17.2. The molecule has 14 heteroatoms. The Labute approximate surface area is 210 Å². The minimum Gasteiger partial charge on any atom is -0.356 e. The summed E-state index contributed by atoms with van der Waals surface area (Å²) in [4.78, 5) is 51.1. The molecule has 9 nitrogen and oxygen atoms in total. The van der Waals surface area contributed by atoms with Gasteiger partial charge in [0.1, 0.15) is 18.1 Å². The number of hydrogen-bond donors (Lipinski definition) is 3. The van der Waals surface area contributed by atoms with Crippen molar-refractivity contribution >= 4 is 23.6 Å². The van der Waals surface area contributed by atoms with E-state index in [4.69, 9.17) is 0 Å². The normalized spacial score (nSPS) is 28.3. The van der Waals surface area contributed by atoms with Crippen LogP contribution in [-0.4, -0.2) is 71.3 Å². The summed E-state index contributed by atoms with van der Waals surface area (Å²) in [6.45, 7) is 3.62. The van der Waals surface area contributed by atoms with Gasteiger partial charge in [0.25, 0.3) is 5.92 Å². The Balaban J connectivity index is 1.87. The van der Waals surface area contributed by atoms with Crippen LogP contribution in [0.3, 0.4) is 0 Å². The second-order valence-electron chi connectivity index (χ2n) is 10.3. The lowest BCUT2D eigenvalue weighted by Crippen LogP contribution is -2.71. The summed E-state index contributed by atoms with van der Waals surface area (Å²) in [5.41, 5.74) is 0. The number of rotatable bonds is 8. The molecular weight excluding hydrogens is 505 g/mol. The van der Waals surface area contributed by atoms with Gasteiger partial charge in [0.15, 0.2) is 0 Å². The minimum absolute atomic E-state index is 0.0587. The van der Waals surface area contributed by atoms with Crippen LogP contribution >= 0.6 is 0 Å². The van der Waals surface area contributed by atoms with Gasteiger partial charge in [-0.1, -0.05) is 13.8 Å². The molecule has 2 bridgehead atoms. The zero-order valence-corrected chi connectivity index (χ0v) is 20.4. The first-order valence-electron chi connectivity index (χ1n) is 12.2. The molecule has 1 saturated carbocycles. The summed E-state index contributed by atoms with van der Waals surface area (Å²) in [5, 5.41) is 16.1. The van der Waals surface area contributed by atoms with E-state index in [1.54, 1.807) is 19.2 Å². The first kappa shape index (κ1) is 28.6. The van der Waals surface area contributed by atoms with Crippen LogP contribution in [0.15, 0.2) is 0 Å². The molecule has 4 amide bonds. The van der Waals surface area contributed by atoms with Crippen LogP contribution < -0.4 is 16.0 Å². The number of nitriles is 1. The molecular formula is C23H30F5N5O4. The maximum atomic E-state index is 14.9. The fourth-order valence-electron chi connectivity index (χ4n) is 5.49. The van der Waals surface area contributed by atoms with Crippen molar-refractivity contribution in [2.75, 3.05) is 6.54 Å². The summed E-state index contributed by atoms with van der Waals surface area (Å²) in [7, 11) is 0. The van der Waals surface area contributed by atoms with Crippen LogP contribution in [0.2, 0.25) is 0 Å². The lowest BCUT2D eigenvalue weighted by atomic mass is 9.71. The van der Waals surface area contributed by atoms with E-state index in [0.29, 0.717) is 13.0 Å². The number of hydrogen-bond acceptors (Lipinski definition) is 5. The van der Waals surface area contributed by atoms with E-state index in [1.807, 2.05) is 6.07 Å². The van der Waals surface area contributed by atoms with Crippen LogP contribution in [0.25, 0.3) is 0 Å². The monoisotopic (exact) mass is 535 g/mol. The fourth-order valence-corrected chi connectivity index (χ4v) is 5.49. The molecule has 3 heterocycles. The molecule has 4 aliphatic rings. The summed E-state index contributed by atoms with van der Waals surface area (Å²) in [6.07, 6.45) is -5.87. The second kappa shape index (κ2) is 10.8. The number of carbonyl (C=O) groups excluding carboxylic acids is 4. The smallest absolute Gasteiger partial charge is 0.356 e. The molecule has 0 unspecified atom stereocenters. The Morgan fingerprint density at radius 2 is 1.86 bits per heavy atom. The first-order valence-corrected chi connectivity index (χ1v) is 12.2. The third kappa shape index (κ3) is 6.30. The van der Waals surface area contributed by atoms with E-state index in [1.165, 1.54) is 0 Å². The zero-order chi connectivity index (χ0) is 27.7. The van der Waals surface area contributed by atoms with Gasteiger partial charge >= 0.3 is 12.1 Å². The van der Waals surface area contributed by atoms with E-state index in [0.717, 1.165) is 4.90 Å². The van der Waals surface area contributed by atoms with Crippen LogP contribution in [0.4, 0.5) is 22.0 Å². The van der Waals surface area contributed by atoms with E-state index in [2.05, 4.69) is 10.6 Å². The Hall–Kier alpha value is -2.98. The quantitative estimate of drug-likeness (QED) is 0.407. The maximum Gasteiger partial charge on any atom is 0.471 e. The molecule has 1 aliphatic carbocycles. The van der Waals surface area contributed by atoms with Crippen molar-refractivity contribution in [1.82, 2.24) is 20.9 Å². The number of amides is 4. The maximum absolute atomic E-state index is 14.9. The molecule has 0 radical (unpaired) electrons. The molecule has 206 valence electrons. The second-order valence-corrected chi connectivity index (χ2v) is 10.3. The van der Waals surface area contributed by atoms with Crippen molar-refractivity contribution in [3.8, 4) is 6.07 Å². The molecule has 4 fully saturated rings. The molecule has 3 N–H and O–H groups in total. The van der Waals surface area contributed by atoms with Crippen LogP contribution in [-0.2, 0) is 19.2 Å². The summed E-state index contributed by atoms with van der Waals surface area (Å²) < 4.78 is 68.5. The molecule has 4 rings (SSSR count). The van der Waals surface area contributed by atoms with E-state index < -0.39 is 72.2 Å². The van der Waals surface area contributed by atoms with Crippen molar-refractivity contribution in [1.29, 1.82) is 5.26 Å². The summed E-state index contributed by atoms with van der Waals surface area (Å²) in [5.74, 6) is -10.6. The van der Waals surface area contributed by atoms with Crippen LogP contribution in [0, 0.1) is 29.1 Å². The Morgan fingerprint density at radius 1 is 1.19 bits per heavy atom. The zero-order valence-electron chi connectivity index (χ0n) is 20.4. The molecule has 0 aromatic carbocycles. The highest BCUT2D eigenvalue weighted by atomic mass is 19.4. The summed E-state index contributed by atoms with van der Waals surface area (Å²) in [6, 6.07) is -3.94. The van der Waals surface area contributed by atoms with Crippen LogP contribution in [0.5, 0.6) is 0 Å². The lowest BCUT2D eigenvalue weighted by Gasteiger charge is -2.54. The highest BCUT2D eigenvalue weighted by molar-refractivity contribution is 5.94. The molecule has 0 aromatic heterocycles. The van der Waals surface area contributed by atoms with Gasteiger partial charge < -0.3 is 20.9 Å². The molecule has 3 aliphatic heterocycles. The topological polar surface area (TPSA) is 131 Å². The van der Waals surface area contributed by atoms with Crippen molar-refractivity contribution in [3.63, 3.8) is 0 Å². The van der Waals surface area contributed by atoms with Crippen molar-refractivity contribution in [2.24, 2.45) is 17.8 Å². The minimum atomic E-state index is -5.27. The van der Waals surface area contributed by atoms with Crippen molar-refractivity contribution < 1.29 is 41.1 Å². The van der Waals surface area contributed by atoms with Gasteiger partial charge in [-0.05, 0) is 38.0 Å². The third-order valence-corrected chi connectivity index (χ3v) is 7.18. The van der Waals surface area contributed by atoms with Gasteiger partial charge in [0.05, 0.1) is 12.0 Å². The Kier molecular flexibility index (Phi) is 8.34. The third-order valence-electron chi connectivity index (χ3n) is 7.18. The predicted molar refractivity (Wildman–Crippen MR) is 117 cm³/mol. The molecule has 6 atom stereocenters. The number of nitrogens with one attached hydrogen (secondary N) is 3. The number of piperidine rings is 2. The van der Waals surface area contributed by atoms with Gasteiger partial charge in [0.2, 0.25) is 17.7 Å². The number of carbonyl (C=O) groups is 4. The molecule has 0 aromatic rings. The number of nitrogens with zero attached hydrogens (tertiary/aromatic N) is 2. The van der Waals surface area contributed by atoms with E-state index >= 15 is 0 Å². The number of halogens is 5. The van der Waals surface area contributed by atoms with E-state index in [9.17, 15) is 46.4 Å². The van der Waals surface area contributed by atoms with Gasteiger partial charge in [-0.15, -0.1) is 0 Å². The van der Waals surface area contributed by atoms with Gasteiger partial charge in [0, 0.05) is 24.9 Å². The average molecular weight is 536 g/mol. The molecule has 3 saturated heterocycles. The van der Waals surface area contributed by atoms with Gasteiger partial charge in [-0.2, -0.15) is 18.4 Å². The molecule has 37 heavy (non-hydrogen) atoms.